The zero-order valence-corrected chi connectivity index (χ0v) is 16.5. The fraction of sp³-hybridized carbons (Fsp3) is 0.591. The molecule has 1 atom stereocenters. The van der Waals surface area contributed by atoms with Crippen LogP contribution in [0.15, 0.2) is 35.9 Å². The Hall–Kier alpha value is -1.97. The number of carbonyl (C=O) groups excluding carboxylic acids is 1. The third-order valence-corrected chi connectivity index (χ3v) is 5.11. The second-order valence-electron chi connectivity index (χ2n) is 7.80. The van der Waals surface area contributed by atoms with Crippen LogP contribution in [0, 0.1) is 11.8 Å². The third-order valence-electron chi connectivity index (χ3n) is 5.11. The second-order valence-corrected chi connectivity index (χ2v) is 7.80. The van der Waals surface area contributed by atoms with Crippen LogP contribution < -0.4 is 15.4 Å². The van der Waals surface area contributed by atoms with Crippen LogP contribution in [0.25, 0.3) is 0 Å². The zero-order valence-electron chi connectivity index (χ0n) is 16.5. The Labute approximate surface area is 158 Å². The predicted octanol–water partition coefficient (Wildman–Crippen LogP) is 4.54. The average Bonchev–Trinajstić information content (AvgIpc) is 2.64. The van der Waals surface area contributed by atoms with Crippen LogP contribution in [0.3, 0.4) is 0 Å². The molecule has 0 spiro atoms. The monoisotopic (exact) mass is 358 g/mol. The first-order chi connectivity index (χ1) is 12.5. The topological polar surface area (TPSA) is 55.6 Å². The molecular weight excluding hydrogens is 324 g/mol. The Bertz CT molecular complexity index is 585. The van der Waals surface area contributed by atoms with Crippen LogP contribution in [0.2, 0.25) is 0 Å². The lowest BCUT2D eigenvalue weighted by molar-refractivity contribution is -0.121. The summed E-state index contributed by atoms with van der Waals surface area (Å²) in [7, 11) is 0. The summed E-state index contributed by atoms with van der Waals surface area (Å²) in [5.41, 5.74) is 7.79. The predicted molar refractivity (Wildman–Crippen MR) is 109 cm³/mol. The number of rotatable bonds is 9. The van der Waals surface area contributed by atoms with Crippen molar-refractivity contribution in [2.75, 3.05) is 24.6 Å². The van der Waals surface area contributed by atoms with Gasteiger partial charge in [-0.1, -0.05) is 37.8 Å². The summed E-state index contributed by atoms with van der Waals surface area (Å²) >= 11 is 0. The maximum absolute atomic E-state index is 11.5. The highest BCUT2D eigenvalue weighted by atomic mass is 16.5. The van der Waals surface area contributed by atoms with E-state index in [1.165, 1.54) is 37.7 Å². The molecule has 0 radical (unpaired) electrons. The summed E-state index contributed by atoms with van der Waals surface area (Å²) in [6, 6.07) is 8.21. The minimum Gasteiger partial charge on any atom is -0.493 e. The van der Waals surface area contributed by atoms with Gasteiger partial charge in [0, 0.05) is 18.8 Å². The number of benzene rings is 1. The molecule has 0 aliphatic heterocycles. The molecular formula is C22H34N2O2. The standard InChI is InChI=1S/C22H34N2O2/c1-17(2)13-14-24(15-18(3)22(23)25)20-9-11-21(12-10-20)26-16-19-7-5-4-6-8-19/h9-13,18-19H,4-8,14-16H2,1-3H3,(H2,23,25). The molecule has 0 bridgehead atoms. The van der Waals surface area contributed by atoms with E-state index in [4.69, 9.17) is 10.5 Å². The quantitative estimate of drug-likeness (QED) is 0.659. The lowest BCUT2D eigenvalue weighted by atomic mass is 9.90. The third kappa shape index (κ3) is 6.74. The largest absolute Gasteiger partial charge is 0.493 e. The lowest BCUT2D eigenvalue weighted by Crippen LogP contribution is -2.35. The Morgan fingerprint density at radius 3 is 2.46 bits per heavy atom. The molecule has 0 aromatic heterocycles. The van der Waals surface area contributed by atoms with E-state index in [-0.39, 0.29) is 11.8 Å². The molecule has 0 saturated heterocycles. The summed E-state index contributed by atoms with van der Waals surface area (Å²) in [6.07, 6.45) is 8.80. The highest BCUT2D eigenvalue weighted by molar-refractivity contribution is 5.77. The van der Waals surface area contributed by atoms with Gasteiger partial charge in [-0.05, 0) is 56.9 Å². The Balaban J connectivity index is 1.98. The van der Waals surface area contributed by atoms with Gasteiger partial charge in [-0.25, -0.2) is 0 Å². The van der Waals surface area contributed by atoms with Gasteiger partial charge in [0.05, 0.1) is 12.5 Å². The Kier molecular flexibility index (Phi) is 8.02. The molecule has 4 heteroatoms. The number of allylic oxidation sites excluding steroid dienone is 1. The SMILES string of the molecule is CC(C)=CCN(CC(C)C(N)=O)c1ccc(OCC2CCCCC2)cc1. The maximum Gasteiger partial charge on any atom is 0.222 e. The van der Waals surface area contributed by atoms with Crippen LogP contribution in [-0.2, 0) is 4.79 Å². The smallest absolute Gasteiger partial charge is 0.222 e. The van der Waals surface area contributed by atoms with E-state index < -0.39 is 0 Å². The number of hydrogen-bond donors (Lipinski definition) is 1. The van der Waals surface area contributed by atoms with Crippen LogP contribution >= 0.6 is 0 Å². The van der Waals surface area contributed by atoms with Gasteiger partial charge >= 0.3 is 0 Å². The van der Waals surface area contributed by atoms with E-state index in [1.807, 2.05) is 19.1 Å². The molecule has 26 heavy (non-hydrogen) atoms. The second kappa shape index (κ2) is 10.2. The normalized spacial score (nSPS) is 16.0. The molecule has 1 aromatic carbocycles. The molecule has 144 valence electrons. The minimum atomic E-state index is -0.264. The van der Waals surface area contributed by atoms with E-state index in [2.05, 4.69) is 37.0 Å². The van der Waals surface area contributed by atoms with Gasteiger partial charge < -0.3 is 15.4 Å². The molecule has 1 aromatic rings. The van der Waals surface area contributed by atoms with E-state index >= 15 is 0 Å². The van der Waals surface area contributed by atoms with Crippen molar-refractivity contribution in [1.82, 2.24) is 0 Å². The van der Waals surface area contributed by atoms with Gasteiger partial charge in [0.2, 0.25) is 5.91 Å². The molecule has 4 nitrogen and oxygen atoms in total. The number of primary amides is 1. The van der Waals surface area contributed by atoms with Crippen LogP contribution in [0.5, 0.6) is 5.75 Å². The summed E-state index contributed by atoms with van der Waals surface area (Å²) in [5.74, 6) is 1.17. The summed E-state index contributed by atoms with van der Waals surface area (Å²) < 4.78 is 5.99. The van der Waals surface area contributed by atoms with E-state index in [0.717, 1.165) is 24.6 Å². The van der Waals surface area contributed by atoms with Gasteiger partial charge in [-0.2, -0.15) is 0 Å². The first-order valence-corrected chi connectivity index (χ1v) is 9.86. The number of anilines is 1. The fourth-order valence-corrected chi connectivity index (χ4v) is 3.32. The van der Waals surface area contributed by atoms with Crippen molar-refractivity contribution < 1.29 is 9.53 Å². The molecule has 1 amide bonds. The van der Waals surface area contributed by atoms with E-state index in [0.29, 0.717) is 12.5 Å². The number of hydrogen-bond acceptors (Lipinski definition) is 3. The average molecular weight is 359 g/mol. The highest BCUT2D eigenvalue weighted by Crippen LogP contribution is 2.26. The van der Waals surface area contributed by atoms with E-state index in [9.17, 15) is 4.79 Å². The van der Waals surface area contributed by atoms with Crippen molar-refractivity contribution in [3.05, 3.63) is 35.9 Å². The van der Waals surface area contributed by atoms with Crippen molar-refractivity contribution in [1.29, 1.82) is 0 Å². The molecule has 1 fully saturated rings. The van der Waals surface area contributed by atoms with Crippen molar-refractivity contribution in [2.45, 2.75) is 52.9 Å². The Morgan fingerprint density at radius 1 is 1.23 bits per heavy atom. The number of amides is 1. The molecule has 1 saturated carbocycles. The molecule has 0 heterocycles. The highest BCUT2D eigenvalue weighted by Gasteiger charge is 2.16. The van der Waals surface area contributed by atoms with E-state index in [1.54, 1.807) is 0 Å². The number of nitrogens with two attached hydrogens (primary N) is 1. The molecule has 1 aliphatic rings. The summed E-state index contributed by atoms with van der Waals surface area (Å²) in [6.45, 7) is 8.23. The number of nitrogens with zero attached hydrogens (tertiary/aromatic N) is 1. The van der Waals surface area contributed by atoms with Crippen molar-refractivity contribution in [3.63, 3.8) is 0 Å². The number of carbonyl (C=O) groups is 1. The molecule has 1 aliphatic carbocycles. The fourth-order valence-electron chi connectivity index (χ4n) is 3.32. The van der Waals surface area contributed by atoms with Crippen molar-refractivity contribution in [2.24, 2.45) is 17.6 Å². The van der Waals surface area contributed by atoms with Gasteiger partial charge in [-0.15, -0.1) is 0 Å². The Morgan fingerprint density at radius 2 is 1.88 bits per heavy atom. The molecule has 2 rings (SSSR count). The zero-order chi connectivity index (χ0) is 18.9. The minimum absolute atomic E-state index is 0.192. The number of ether oxygens (including phenoxy) is 1. The molecule has 2 N–H and O–H groups in total. The summed E-state index contributed by atoms with van der Waals surface area (Å²) in [4.78, 5) is 13.6. The molecule has 1 unspecified atom stereocenters. The maximum atomic E-state index is 11.5. The van der Waals surface area contributed by atoms with Gasteiger partial charge in [0.1, 0.15) is 5.75 Å². The van der Waals surface area contributed by atoms with Crippen LogP contribution in [-0.4, -0.2) is 25.6 Å². The summed E-state index contributed by atoms with van der Waals surface area (Å²) in [5, 5.41) is 0. The first-order valence-electron chi connectivity index (χ1n) is 9.86. The van der Waals surface area contributed by atoms with Gasteiger partial charge in [0.25, 0.3) is 0 Å². The van der Waals surface area contributed by atoms with Gasteiger partial charge in [-0.3, -0.25) is 4.79 Å². The van der Waals surface area contributed by atoms with Gasteiger partial charge in [0.15, 0.2) is 0 Å². The van der Waals surface area contributed by atoms with Crippen molar-refractivity contribution >= 4 is 11.6 Å². The first kappa shape index (κ1) is 20.3. The van der Waals surface area contributed by atoms with Crippen LogP contribution in [0.4, 0.5) is 5.69 Å². The lowest BCUT2D eigenvalue weighted by Gasteiger charge is -2.26. The van der Waals surface area contributed by atoms with Crippen LogP contribution in [0.1, 0.15) is 52.9 Å². The van der Waals surface area contributed by atoms with Crippen molar-refractivity contribution in [3.8, 4) is 5.75 Å².